The summed E-state index contributed by atoms with van der Waals surface area (Å²) in [5.41, 5.74) is 2.64. The fourth-order valence-corrected chi connectivity index (χ4v) is 3.11. The normalized spacial score (nSPS) is 10.8. The molecule has 0 fully saturated rings. The highest BCUT2D eigenvalue weighted by Gasteiger charge is 2.04. The number of aromatic nitrogens is 3. The number of fused-ring (bicyclic) bond motifs is 1. The van der Waals surface area contributed by atoms with Gasteiger partial charge in [0.1, 0.15) is 0 Å². The van der Waals surface area contributed by atoms with Gasteiger partial charge in [-0.15, -0.1) is 0 Å². The third-order valence-electron chi connectivity index (χ3n) is 4.47. The highest BCUT2D eigenvalue weighted by molar-refractivity contribution is 5.82. The van der Waals surface area contributed by atoms with Crippen LogP contribution in [0.15, 0.2) is 77.9 Å². The predicted octanol–water partition coefficient (Wildman–Crippen LogP) is 4.03. The van der Waals surface area contributed by atoms with Gasteiger partial charge in [-0.1, -0.05) is 42.5 Å². The van der Waals surface area contributed by atoms with E-state index in [1.165, 1.54) is 22.4 Å². The number of nitrogens with zero attached hydrogens (tertiary/aromatic N) is 2. The SMILES string of the molecule is O=c1cc(-c2ccncc2)nc(NCCCc2ccc3ccccc3c2)[nH]1. The van der Waals surface area contributed by atoms with E-state index in [0.717, 1.165) is 24.9 Å². The number of nitrogens with one attached hydrogen (secondary N) is 2. The number of pyridine rings is 1. The molecule has 2 aromatic carbocycles. The zero-order chi connectivity index (χ0) is 18.5. The summed E-state index contributed by atoms with van der Waals surface area (Å²) in [7, 11) is 0. The van der Waals surface area contributed by atoms with Crippen molar-refractivity contribution in [1.82, 2.24) is 15.0 Å². The van der Waals surface area contributed by atoms with Crippen LogP contribution in [0.1, 0.15) is 12.0 Å². The van der Waals surface area contributed by atoms with Gasteiger partial charge in [-0.3, -0.25) is 14.8 Å². The Bertz CT molecular complexity index is 1110. The second kappa shape index (κ2) is 7.83. The van der Waals surface area contributed by atoms with E-state index in [1.54, 1.807) is 12.4 Å². The van der Waals surface area contributed by atoms with Crippen molar-refractivity contribution in [2.75, 3.05) is 11.9 Å². The van der Waals surface area contributed by atoms with Crippen molar-refractivity contribution >= 4 is 16.7 Å². The highest BCUT2D eigenvalue weighted by atomic mass is 16.1. The van der Waals surface area contributed by atoms with E-state index in [1.807, 2.05) is 12.1 Å². The molecule has 0 radical (unpaired) electrons. The Kier molecular flexibility index (Phi) is 4.92. The lowest BCUT2D eigenvalue weighted by molar-refractivity contribution is 0.853. The molecule has 134 valence electrons. The van der Waals surface area contributed by atoms with Crippen molar-refractivity contribution < 1.29 is 0 Å². The average Bonchev–Trinajstić information content (AvgIpc) is 2.71. The quantitative estimate of drug-likeness (QED) is 0.512. The van der Waals surface area contributed by atoms with Crippen LogP contribution < -0.4 is 10.9 Å². The molecule has 0 spiro atoms. The Morgan fingerprint density at radius 1 is 0.926 bits per heavy atom. The molecule has 4 aromatic rings. The van der Waals surface area contributed by atoms with Crippen molar-refractivity contribution in [3.05, 3.63) is 89.0 Å². The summed E-state index contributed by atoms with van der Waals surface area (Å²) in [6, 6.07) is 20.1. The van der Waals surface area contributed by atoms with E-state index in [9.17, 15) is 4.79 Å². The molecule has 5 nitrogen and oxygen atoms in total. The summed E-state index contributed by atoms with van der Waals surface area (Å²) >= 11 is 0. The van der Waals surface area contributed by atoms with Crippen molar-refractivity contribution in [2.45, 2.75) is 12.8 Å². The van der Waals surface area contributed by atoms with Gasteiger partial charge >= 0.3 is 0 Å². The number of benzene rings is 2. The second-order valence-electron chi connectivity index (χ2n) is 6.43. The van der Waals surface area contributed by atoms with Crippen molar-refractivity contribution in [3.63, 3.8) is 0 Å². The van der Waals surface area contributed by atoms with E-state index in [-0.39, 0.29) is 5.56 Å². The Balaban J connectivity index is 1.38. The molecule has 0 aliphatic carbocycles. The van der Waals surface area contributed by atoms with Crippen LogP contribution in [0.2, 0.25) is 0 Å². The van der Waals surface area contributed by atoms with E-state index < -0.39 is 0 Å². The van der Waals surface area contributed by atoms with E-state index in [2.05, 4.69) is 62.7 Å². The standard InChI is InChI=1S/C22H20N4O/c27-21-15-20(18-9-12-23-13-10-18)25-22(26-21)24-11-3-4-16-7-8-17-5-1-2-6-19(17)14-16/h1-2,5-10,12-15H,3-4,11H2,(H2,24,25,26,27). The predicted molar refractivity (Wildman–Crippen MR) is 109 cm³/mol. The smallest absolute Gasteiger partial charge is 0.252 e. The van der Waals surface area contributed by atoms with Crippen LogP contribution in [0.4, 0.5) is 5.95 Å². The molecule has 5 heteroatoms. The molecular formula is C22H20N4O. The van der Waals surface area contributed by atoms with Crippen LogP contribution in [-0.4, -0.2) is 21.5 Å². The van der Waals surface area contributed by atoms with E-state index in [0.29, 0.717) is 11.6 Å². The van der Waals surface area contributed by atoms with Gasteiger partial charge in [-0.2, -0.15) is 0 Å². The van der Waals surface area contributed by atoms with Gasteiger partial charge in [0.05, 0.1) is 5.69 Å². The maximum atomic E-state index is 11.9. The molecule has 0 unspecified atom stereocenters. The maximum absolute atomic E-state index is 11.9. The fraction of sp³-hybridized carbons (Fsp3) is 0.136. The summed E-state index contributed by atoms with van der Waals surface area (Å²) in [5, 5.41) is 5.74. The molecule has 0 amide bonds. The van der Waals surface area contributed by atoms with Crippen molar-refractivity contribution in [2.24, 2.45) is 0 Å². The number of hydrogen-bond donors (Lipinski definition) is 2. The van der Waals surface area contributed by atoms with Gasteiger partial charge in [-0.25, -0.2) is 4.98 Å². The zero-order valence-corrected chi connectivity index (χ0v) is 14.9. The maximum Gasteiger partial charge on any atom is 0.252 e. The Morgan fingerprint density at radius 3 is 2.59 bits per heavy atom. The highest BCUT2D eigenvalue weighted by Crippen LogP contribution is 2.17. The summed E-state index contributed by atoms with van der Waals surface area (Å²) < 4.78 is 0. The van der Waals surface area contributed by atoms with Gasteiger partial charge < -0.3 is 5.32 Å². The Hall–Kier alpha value is -3.47. The molecule has 0 aliphatic heterocycles. The number of aryl methyl sites for hydroxylation is 1. The molecule has 0 atom stereocenters. The first-order valence-electron chi connectivity index (χ1n) is 9.01. The van der Waals surface area contributed by atoms with Gasteiger partial charge in [0.25, 0.3) is 5.56 Å². The zero-order valence-electron chi connectivity index (χ0n) is 14.9. The largest absolute Gasteiger partial charge is 0.356 e. The van der Waals surface area contributed by atoms with Crippen molar-refractivity contribution in [3.8, 4) is 11.3 Å². The van der Waals surface area contributed by atoms with E-state index in [4.69, 9.17) is 0 Å². The lowest BCUT2D eigenvalue weighted by Crippen LogP contribution is -2.14. The van der Waals surface area contributed by atoms with Gasteiger partial charge in [0.2, 0.25) is 5.95 Å². The van der Waals surface area contributed by atoms with Gasteiger partial charge in [0, 0.05) is 30.6 Å². The Morgan fingerprint density at radius 2 is 1.74 bits per heavy atom. The Labute approximate surface area is 157 Å². The number of anilines is 1. The molecule has 2 N–H and O–H groups in total. The number of hydrogen-bond acceptors (Lipinski definition) is 4. The first-order chi connectivity index (χ1) is 13.3. The summed E-state index contributed by atoms with van der Waals surface area (Å²) in [4.78, 5) is 23.1. The minimum atomic E-state index is -0.172. The molecule has 27 heavy (non-hydrogen) atoms. The van der Waals surface area contributed by atoms with Gasteiger partial charge in [-0.05, 0) is 41.3 Å². The first-order valence-corrected chi connectivity index (χ1v) is 9.01. The lowest BCUT2D eigenvalue weighted by atomic mass is 10.0. The fourth-order valence-electron chi connectivity index (χ4n) is 3.11. The molecule has 0 saturated carbocycles. The molecule has 2 heterocycles. The molecule has 0 aliphatic rings. The summed E-state index contributed by atoms with van der Waals surface area (Å²) in [5.74, 6) is 0.493. The van der Waals surface area contributed by atoms with Gasteiger partial charge in [0.15, 0.2) is 0 Å². The topological polar surface area (TPSA) is 70.7 Å². The van der Waals surface area contributed by atoms with Crippen LogP contribution in [0, 0.1) is 0 Å². The average molecular weight is 356 g/mol. The van der Waals surface area contributed by atoms with Crippen LogP contribution in [-0.2, 0) is 6.42 Å². The summed E-state index contributed by atoms with van der Waals surface area (Å²) in [6.45, 7) is 0.732. The monoisotopic (exact) mass is 356 g/mol. The van der Waals surface area contributed by atoms with Crippen LogP contribution >= 0.6 is 0 Å². The second-order valence-corrected chi connectivity index (χ2v) is 6.43. The molecule has 0 saturated heterocycles. The molecule has 4 rings (SSSR count). The number of rotatable bonds is 6. The molecular weight excluding hydrogens is 336 g/mol. The third-order valence-corrected chi connectivity index (χ3v) is 4.47. The number of aromatic amines is 1. The third kappa shape index (κ3) is 4.20. The minimum absolute atomic E-state index is 0.172. The lowest BCUT2D eigenvalue weighted by Gasteiger charge is -2.08. The van der Waals surface area contributed by atoms with Crippen molar-refractivity contribution in [1.29, 1.82) is 0 Å². The summed E-state index contributed by atoms with van der Waals surface area (Å²) in [6.07, 6.45) is 5.29. The first kappa shape index (κ1) is 17.0. The number of H-pyrrole nitrogens is 1. The molecule has 0 bridgehead atoms. The van der Waals surface area contributed by atoms with Crippen LogP contribution in [0.3, 0.4) is 0 Å². The van der Waals surface area contributed by atoms with Crippen LogP contribution in [0.5, 0.6) is 0 Å². The van der Waals surface area contributed by atoms with Crippen LogP contribution in [0.25, 0.3) is 22.0 Å². The molecule has 2 aromatic heterocycles. The van der Waals surface area contributed by atoms with E-state index >= 15 is 0 Å². The minimum Gasteiger partial charge on any atom is -0.356 e.